The first kappa shape index (κ1) is 13.4. The van der Waals surface area contributed by atoms with Gasteiger partial charge in [-0.1, -0.05) is 18.5 Å². The van der Waals surface area contributed by atoms with Gasteiger partial charge in [0, 0.05) is 19.2 Å². The van der Waals surface area contributed by atoms with Crippen molar-refractivity contribution in [3.63, 3.8) is 0 Å². The first-order valence-electron chi connectivity index (χ1n) is 5.55. The summed E-state index contributed by atoms with van der Waals surface area (Å²) in [5, 5.41) is 10.6. The van der Waals surface area contributed by atoms with Gasteiger partial charge in [0.2, 0.25) is 11.1 Å². The summed E-state index contributed by atoms with van der Waals surface area (Å²) in [6.45, 7) is 2.09. The van der Waals surface area contributed by atoms with Gasteiger partial charge in [-0.2, -0.15) is 0 Å². The number of rotatable bonds is 2. The molecular formula is C11H10ClN3O4. The highest BCUT2D eigenvalue weighted by molar-refractivity contribution is 6.32. The Morgan fingerprint density at radius 2 is 2.32 bits per heavy atom. The normalized spacial score (nSPS) is 18.7. The molecule has 0 saturated carbocycles. The van der Waals surface area contributed by atoms with Crippen molar-refractivity contribution >= 4 is 29.1 Å². The van der Waals surface area contributed by atoms with Crippen LogP contribution < -0.4 is 0 Å². The average molecular weight is 284 g/mol. The van der Waals surface area contributed by atoms with Crippen LogP contribution in [0.4, 0.5) is 5.69 Å². The third-order valence-corrected chi connectivity index (χ3v) is 3.13. The Morgan fingerprint density at radius 3 is 2.84 bits per heavy atom. The molecule has 7 nitrogen and oxygen atoms in total. The van der Waals surface area contributed by atoms with Gasteiger partial charge in [-0.05, 0) is 12.0 Å². The van der Waals surface area contributed by atoms with E-state index >= 15 is 0 Å². The summed E-state index contributed by atoms with van der Waals surface area (Å²) >= 11 is 5.63. The molecule has 2 amide bonds. The van der Waals surface area contributed by atoms with Gasteiger partial charge >= 0.3 is 5.69 Å². The monoisotopic (exact) mass is 283 g/mol. The molecule has 1 aliphatic heterocycles. The number of carbonyl (C=O) groups excluding carboxylic acids is 2. The summed E-state index contributed by atoms with van der Waals surface area (Å²) < 4.78 is 0. The number of halogens is 1. The quantitative estimate of drug-likeness (QED) is 0.356. The van der Waals surface area contributed by atoms with Crippen molar-refractivity contribution in [1.29, 1.82) is 0 Å². The highest BCUT2D eigenvalue weighted by Gasteiger charge is 2.35. The third kappa shape index (κ3) is 2.41. The zero-order valence-electron chi connectivity index (χ0n) is 10.00. The fourth-order valence-corrected chi connectivity index (χ4v) is 2.23. The fourth-order valence-electron chi connectivity index (χ4n) is 2.00. The molecule has 0 aromatic carbocycles. The summed E-state index contributed by atoms with van der Waals surface area (Å²) in [4.78, 5) is 38.6. The van der Waals surface area contributed by atoms with Crippen molar-refractivity contribution in [3.8, 4) is 0 Å². The maximum atomic E-state index is 12.2. The van der Waals surface area contributed by atoms with Crippen LogP contribution in [-0.4, -0.2) is 33.2 Å². The van der Waals surface area contributed by atoms with Gasteiger partial charge in [-0.25, -0.2) is 4.98 Å². The van der Waals surface area contributed by atoms with Crippen LogP contribution in [0.15, 0.2) is 12.3 Å². The number of amides is 2. The number of hydrogen-bond acceptors (Lipinski definition) is 5. The van der Waals surface area contributed by atoms with Crippen LogP contribution in [0.1, 0.15) is 23.7 Å². The molecule has 1 fully saturated rings. The van der Waals surface area contributed by atoms with Crippen LogP contribution >= 0.6 is 11.6 Å². The molecule has 1 aromatic heterocycles. The van der Waals surface area contributed by atoms with E-state index in [1.807, 2.05) is 6.92 Å². The number of carbonyl (C=O) groups is 2. The molecule has 2 rings (SSSR count). The highest BCUT2D eigenvalue weighted by atomic mass is 35.5. The molecule has 1 saturated heterocycles. The van der Waals surface area contributed by atoms with Gasteiger partial charge in [0.05, 0.1) is 4.92 Å². The minimum absolute atomic E-state index is 0.0489. The number of nitro groups is 1. The van der Waals surface area contributed by atoms with Crippen molar-refractivity contribution in [2.45, 2.75) is 13.3 Å². The first-order valence-corrected chi connectivity index (χ1v) is 5.93. The number of hydrogen-bond donors (Lipinski definition) is 0. The maximum absolute atomic E-state index is 12.2. The molecule has 2 heterocycles. The molecule has 100 valence electrons. The lowest BCUT2D eigenvalue weighted by Crippen LogP contribution is -2.32. The number of nitrogens with zero attached hydrogens (tertiary/aromatic N) is 3. The molecule has 0 spiro atoms. The Kier molecular flexibility index (Phi) is 3.48. The smallest absolute Gasteiger partial charge is 0.278 e. The molecule has 0 N–H and O–H groups in total. The van der Waals surface area contributed by atoms with Gasteiger partial charge < -0.3 is 0 Å². The van der Waals surface area contributed by atoms with Crippen LogP contribution in [-0.2, 0) is 4.79 Å². The second-order valence-corrected chi connectivity index (χ2v) is 4.73. The van der Waals surface area contributed by atoms with Crippen molar-refractivity contribution in [1.82, 2.24) is 9.88 Å². The van der Waals surface area contributed by atoms with Crippen molar-refractivity contribution in [3.05, 3.63) is 33.1 Å². The predicted molar refractivity (Wildman–Crippen MR) is 65.7 cm³/mol. The Labute approximate surface area is 113 Å². The van der Waals surface area contributed by atoms with Crippen LogP contribution in [0.3, 0.4) is 0 Å². The SMILES string of the molecule is CC1CC(=O)N(C(=O)c2ccnc(Cl)c2[N+](=O)[O-])C1. The highest BCUT2D eigenvalue weighted by Crippen LogP contribution is 2.29. The van der Waals surface area contributed by atoms with E-state index < -0.39 is 16.5 Å². The molecule has 19 heavy (non-hydrogen) atoms. The van der Waals surface area contributed by atoms with E-state index in [1.165, 1.54) is 12.3 Å². The minimum atomic E-state index is -0.771. The largest absolute Gasteiger partial charge is 0.319 e. The summed E-state index contributed by atoms with van der Waals surface area (Å²) in [5.74, 6) is -0.988. The lowest BCUT2D eigenvalue weighted by molar-refractivity contribution is -0.385. The summed E-state index contributed by atoms with van der Waals surface area (Å²) in [6, 6.07) is 1.20. The summed E-state index contributed by atoms with van der Waals surface area (Å²) in [6.07, 6.45) is 1.46. The van der Waals surface area contributed by atoms with Gasteiger partial charge in [0.15, 0.2) is 0 Å². The fraction of sp³-hybridized carbons (Fsp3) is 0.364. The predicted octanol–water partition coefficient (Wildman–Crippen LogP) is 1.65. The zero-order chi connectivity index (χ0) is 14.2. The van der Waals surface area contributed by atoms with Gasteiger partial charge in [-0.15, -0.1) is 0 Å². The first-order chi connectivity index (χ1) is 8.91. The molecular weight excluding hydrogens is 274 g/mol. The molecule has 1 atom stereocenters. The van der Waals surface area contributed by atoms with Crippen molar-refractivity contribution in [2.24, 2.45) is 5.92 Å². The Bertz CT molecular complexity index is 575. The Morgan fingerprint density at radius 1 is 1.63 bits per heavy atom. The zero-order valence-corrected chi connectivity index (χ0v) is 10.8. The van der Waals surface area contributed by atoms with E-state index in [0.717, 1.165) is 4.90 Å². The van der Waals surface area contributed by atoms with Crippen LogP contribution in [0.25, 0.3) is 0 Å². The molecule has 0 bridgehead atoms. The number of pyridine rings is 1. The second kappa shape index (κ2) is 4.93. The molecule has 8 heteroatoms. The van der Waals surface area contributed by atoms with Gasteiger partial charge in [0.25, 0.3) is 5.91 Å². The van der Waals surface area contributed by atoms with E-state index in [0.29, 0.717) is 0 Å². The lowest BCUT2D eigenvalue weighted by atomic mass is 10.2. The topological polar surface area (TPSA) is 93.4 Å². The van der Waals surface area contributed by atoms with Gasteiger partial charge in [-0.3, -0.25) is 24.6 Å². The van der Waals surface area contributed by atoms with E-state index in [-0.39, 0.29) is 35.5 Å². The van der Waals surface area contributed by atoms with E-state index in [2.05, 4.69) is 4.98 Å². The molecule has 0 aliphatic carbocycles. The minimum Gasteiger partial charge on any atom is -0.278 e. The second-order valence-electron chi connectivity index (χ2n) is 4.37. The lowest BCUT2D eigenvalue weighted by Gasteiger charge is -2.14. The maximum Gasteiger partial charge on any atom is 0.319 e. The molecule has 1 aliphatic rings. The summed E-state index contributed by atoms with van der Waals surface area (Å²) in [5.41, 5.74) is -0.783. The van der Waals surface area contributed by atoms with Crippen LogP contribution in [0.2, 0.25) is 5.15 Å². The Hall–Kier alpha value is -2.02. The van der Waals surface area contributed by atoms with Gasteiger partial charge in [0.1, 0.15) is 5.56 Å². The van der Waals surface area contributed by atoms with E-state index in [9.17, 15) is 19.7 Å². The number of aromatic nitrogens is 1. The number of likely N-dealkylation sites (tertiary alicyclic amines) is 1. The summed E-state index contributed by atoms with van der Waals surface area (Å²) in [7, 11) is 0. The molecule has 0 radical (unpaired) electrons. The molecule has 1 aromatic rings. The molecule has 1 unspecified atom stereocenters. The van der Waals surface area contributed by atoms with Crippen LogP contribution in [0, 0.1) is 16.0 Å². The number of imide groups is 1. The van der Waals surface area contributed by atoms with Crippen molar-refractivity contribution < 1.29 is 14.5 Å². The van der Waals surface area contributed by atoms with Crippen LogP contribution in [0.5, 0.6) is 0 Å². The Balaban J connectivity index is 2.42. The van der Waals surface area contributed by atoms with E-state index in [4.69, 9.17) is 11.6 Å². The van der Waals surface area contributed by atoms with E-state index in [1.54, 1.807) is 0 Å². The average Bonchev–Trinajstić information content (AvgIpc) is 2.66. The third-order valence-electron chi connectivity index (χ3n) is 2.86. The standard InChI is InChI=1S/C11H10ClN3O4/c1-6-4-8(16)14(5-6)11(17)7-2-3-13-10(12)9(7)15(18)19/h2-3,6H,4-5H2,1H3. The van der Waals surface area contributed by atoms with Crippen molar-refractivity contribution in [2.75, 3.05) is 6.54 Å².